The molecular weight excluding hydrogens is 217 g/mol. The van der Waals surface area contributed by atoms with Gasteiger partial charge in [0.05, 0.1) is 18.7 Å². The lowest BCUT2D eigenvalue weighted by Crippen LogP contribution is -1.87. The van der Waals surface area contributed by atoms with Crippen LogP contribution in [0.15, 0.2) is 42.5 Å². The molecule has 0 spiro atoms. The highest BCUT2D eigenvalue weighted by molar-refractivity contribution is 5.70. The van der Waals surface area contributed by atoms with Crippen LogP contribution < -0.4 is 4.74 Å². The van der Waals surface area contributed by atoms with Crippen LogP contribution in [0.2, 0.25) is 0 Å². The molecular formula is C14H10FNO. The average Bonchev–Trinajstić information content (AvgIpc) is 2.39. The summed E-state index contributed by atoms with van der Waals surface area (Å²) in [6.45, 7) is 0. The van der Waals surface area contributed by atoms with Crippen LogP contribution in [-0.4, -0.2) is 7.11 Å². The quantitative estimate of drug-likeness (QED) is 0.788. The molecule has 3 heteroatoms. The minimum atomic E-state index is -0.404. The average molecular weight is 227 g/mol. The number of nitriles is 1. The zero-order chi connectivity index (χ0) is 12.3. The standard InChI is InChI=1S/C14H10FNO/c1-17-13-5-2-10(3-6-13)14-7-4-12(15)8-11(14)9-16/h2-8H,1H3. The first kappa shape index (κ1) is 11.2. The van der Waals surface area contributed by atoms with Gasteiger partial charge in [-0.15, -0.1) is 0 Å². The number of hydrogen-bond donors (Lipinski definition) is 0. The van der Waals surface area contributed by atoms with E-state index in [4.69, 9.17) is 10.00 Å². The van der Waals surface area contributed by atoms with Crippen LogP contribution in [0.3, 0.4) is 0 Å². The number of ether oxygens (including phenoxy) is 1. The highest BCUT2D eigenvalue weighted by Crippen LogP contribution is 2.25. The van der Waals surface area contributed by atoms with E-state index in [0.717, 1.165) is 16.9 Å². The SMILES string of the molecule is COc1ccc(-c2ccc(F)cc2C#N)cc1. The van der Waals surface area contributed by atoms with Crippen molar-refractivity contribution < 1.29 is 9.13 Å². The second kappa shape index (κ2) is 4.67. The van der Waals surface area contributed by atoms with Crippen molar-refractivity contribution in [2.24, 2.45) is 0 Å². The van der Waals surface area contributed by atoms with E-state index in [0.29, 0.717) is 5.56 Å². The molecule has 0 amide bonds. The molecule has 0 aliphatic heterocycles. The molecule has 0 atom stereocenters. The fourth-order valence-corrected chi connectivity index (χ4v) is 1.63. The molecule has 0 aromatic heterocycles. The Morgan fingerprint density at radius 2 is 1.82 bits per heavy atom. The van der Waals surface area contributed by atoms with Gasteiger partial charge in [-0.25, -0.2) is 4.39 Å². The normalized spacial score (nSPS) is 9.71. The molecule has 0 unspecified atom stereocenters. The first-order valence-corrected chi connectivity index (χ1v) is 5.08. The second-order valence-electron chi connectivity index (χ2n) is 3.53. The van der Waals surface area contributed by atoms with Crippen LogP contribution in [-0.2, 0) is 0 Å². The second-order valence-corrected chi connectivity index (χ2v) is 3.53. The third kappa shape index (κ3) is 2.26. The first-order valence-electron chi connectivity index (χ1n) is 5.08. The van der Waals surface area contributed by atoms with E-state index in [2.05, 4.69) is 0 Å². The Morgan fingerprint density at radius 1 is 1.12 bits per heavy atom. The fourth-order valence-electron chi connectivity index (χ4n) is 1.63. The smallest absolute Gasteiger partial charge is 0.124 e. The van der Waals surface area contributed by atoms with Crippen molar-refractivity contribution in [2.75, 3.05) is 7.11 Å². The van der Waals surface area contributed by atoms with Crippen molar-refractivity contribution >= 4 is 0 Å². The van der Waals surface area contributed by atoms with Crippen LogP contribution in [0.5, 0.6) is 5.75 Å². The molecule has 0 radical (unpaired) electrons. The molecule has 0 fully saturated rings. The minimum Gasteiger partial charge on any atom is -0.497 e. The predicted molar refractivity (Wildman–Crippen MR) is 63.1 cm³/mol. The summed E-state index contributed by atoms with van der Waals surface area (Å²) in [5.74, 6) is 0.341. The summed E-state index contributed by atoms with van der Waals surface area (Å²) < 4.78 is 18.1. The summed E-state index contributed by atoms with van der Waals surface area (Å²) in [6.07, 6.45) is 0. The van der Waals surface area contributed by atoms with Crippen molar-refractivity contribution in [3.8, 4) is 22.9 Å². The third-order valence-electron chi connectivity index (χ3n) is 2.50. The van der Waals surface area contributed by atoms with Crippen LogP contribution in [0.1, 0.15) is 5.56 Å². The molecule has 0 aliphatic carbocycles. The summed E-state index contributed by atoms with van der Waals surface area (Å²) >= 11 is 0. The van der Waals surface area contributed by atoms with Crippen molar-refractivity contribution in [3.63, 3.8) is 0 Å². The van der Waals surface area contributed by atoms with Gasteiger partial charge in [0.2, 0.25) is 0 Å². The first-order chi connectivity index (χ1) is 8.24. The van der Waals surface area contributed by atoms with E-state index in [9.17, 15) is 4.39 Å². The zero-order valence-corrected chi connectivity index (χ0v) is 9.27. The molecule has 0 aliphatic rings. The van der Waals surface area contributed by atoms with Gasteiger partial charge in [0.1, 0.15) is 11.6 Å². The van der Waals surface area contributed by atoms with Crippen LogP contribution in [0, 0.1) is 17.1 Å². The Bertz CT molecular complexity index is 570. The summed E-state index contributed by atoms with van der Waals surface area (Å²) in [4.78, 5) is 0. The Morgan fingerprint density at radius 3 is 2.41 bits per heavy atom. The van der Waals surface area contributed by atoms with Gasteiger partial charge in [-0.1, -0.05) is 18.2 Å². The highest BCUT2D eigenvalue weighted by Gasteiger charge is 2.06. The van der Waals surface area contributed by atoms with Gasteiger partial charge in [0.15, 0.2) is 0 Å². The van der Waals surface area contributed by atoms with Crippen molar-refractivity contribution in [1.29, 1.82) is 5.26 Å². The Hall–Kier alpha value is -2.34. The van der Waals surface area contributed by atoms with Gasteiger partial charge in [-0.3, -0.25) is 0 Å². The number of hydrogen-bond acceptors (Lipinski definition) is 2. The number of halogens is 1. The molecule has 0 saturated heterocycles. The number of methoxy groups -OCH3 is 1. The Kier molecular flexibility index (Phi) is 3.06. The minimum absolute atomic E-state index is 0.329. The Labute approximate surface area is 98.9 Å². The molecule has 2 rings (SSSR count). The van der Waals surface area contributed by atoms with E-state index in [1.54, 1.807) is 25.3 Å². The maximum Gasteiger partial charge on any atom is 0.124 e. The highest BCUT2D eigenvalue weighted by atomic mass is 19.1. The summed E-state index contributed by atoms with van der Waals surface area (Å²) in [5.41, 5.74) is 1.91. The lowest BCUT2D eigenvalue weighted by atomic mass is 10.0. The number of benzene rings is 2. The maximum absolute atomic E-state index is 13.0. The topological polar surface area (TPSA) is 33.0 Å². The van der Waals surface area contributed by atoms with Gasteiger partial charge in [0, 0.05) is 0 Å². The maximum atomic E-state index is 13.0. The zero-order valence-electron chi connectivity index (χ0n) is 9.27. The molecule has 0 heterocycles. The van der Waals surface area contributed by atoms with Crippen LogP contribution >= 0.6 is 0 Å². The summed E-state index contributed by atoms with van der Waals surface area (Å²) in [6, 6.07) is 13.5. The predicted octanol–water partition coefficient (Wildman–Crippen LogP) is 3.37. The molecule has 17 heavy (non-hydrogen) atoms. The van der Waals surface area contributed by atoms with E-state index < -0.39 is 5.82 Å². The molecule has 2 aromatic rings. The fraction of sp³-hybridized carbons (Fsp3) is 0.0714. The van der Waals surface area contributed by atoms with Gasteiger partial charge in [0.25, 0.3) is 0 Å². The lowest BCUT2D eigenvalue weighted by molar-refractivity contribution is 0.415. The van der Waals surface area contributed by atoms with Crippen molar-refractivity contribution in [2.45, 2.75) is 0 Å². The van der Waals surface area contributed by atoms with Gasteiger partial charge < -0.3 is 4.74 Å². The molecule has 0 saturated carbocycles. The number of nitrogens with zero attached hydrogens (tertiary/aromatic N) is 1. The van der Waals surface area contributed by atoms with Crippen molar-refractivity contribution in [3.05, 3.63) is 53.8 Å². The van der Waals surface area contributed by atoms with E-state index in [-0.39, 0.29) is 0 Å². The summed E-state index contributed by atoms with van der Waals surface area (Å²) in [5, 5.41) is 8.96. The van der Waals surface area contributed by atoms with Gasteiger partial charge in [-0.2, -0.15) is 5.26 Å². The molecule has 2 aromatic carbocycles. The van der Waals surface area contributed by atoms with Gasteiger partial charge >= 0.3 is 0 Å². The van der Waals surface area contributed by atoms with Gasteiger partial charge in [-0.05, 0) is 35.4 Å². The van der Waals surface area contributed by atoms with Crippen LogP contribution in [0.25, 0.3) is 11.1 Å². The monoisotopic (exact) mass is 227 g/mol. The molecule has 84 valence electrons. The largest absolute Gasteiger partial charge is 0.497 e. The Balaban J connectivity index is 2.49. The van der Waals surface area contributed by atoms with E-state index >= 15 is 0 Å². The third-order valence-corrected chi connectivity index (χ3v) is 2.50. The number of rotatable bonds is 2. The molecule has 0 N–H and O–H groups in total. The van der Waals surface area contributed by atoms with E-state index in [1.165, 1.54) is 12.1 Å². The van der Waals surface area contributed by atoms with E-state index in [1.807, 2.05) is 18.2 Å². The molecule has 2 nitrogen and oxygen atoms in total. The molecule has 0 bridgehead atoms. The summed E-state index contributed by atoms with van der Waals surface area (Å²) in [7, 11) is 1.59. The van der Waals surface area contributed by atoms with Crippen molar-refractivity contribution in [1.82, 2.24) is 0 Å². The van der Waals surface area contributed by atoms with Crippen LogP contribution in [0.4, 0.5) is 4.39 Å². The lowest BCUT2D eigenvalue weighted by Gasteiger charge is -2.05.